The zero-order chi connectivity index (χ0) is 8.58. The third-order valence-electron chi connectivity index (χ3n) is 1.18. The topological polar surface area (TPSA) is 3.24 Å². The van der Waals surface area contributed by atoms with Crippen LogP contribution in [0, 0.1) is 0 Å². The Balaban J connectivity index is 4.23. The van der Waals surface area contributed by atoms with Crippen molar-refractivity contribution in [3.8, 4) is 0 Å². The summed E-state index contributed by atoms with van der Waals surface area (Å²) in [7, 11) is 0. The number of nitrogens with zero attached hydrogens (tertiary/aromatic N) is 1. The van der Waals surface area contributed by atoms with Crippen molar-refractivity contribution in [2.45, 2.75) is 52.6 Å². The molecule has 1 nitrogen and oxygen atoms in total. The maximum atomic E-state index is 3.55. The molecule has 0 bridgehead atoms. The summed E-state index contributed by atoms with van der Waals surface area (Å²) in [5, 5.41) is 0. The molecule has 0 aliphatic heterocycles. The van der Waals surface area contributed by atoms with E-state index in [1.54, 1.807) is 0 Å². The lowest BCUT2D eigenvalue weighted by Gasteiger charge is -2.39. The Kier molecular flexibility index (Phi) is 2.94. The van der Waals surface area contributed by atoms with E-state index >= 15 is 0 Å². The van der Waals surface area contributed by atoms with E-state index in [1.807, 2.05) is 0 Å². The Labute approximate surface area is 73.1 Å². The minimum Gasteiger partial charge on any atom is -0.232 e. The molecule has 0 heterocycles. The Morgan fingerprint density at radius 2 is 1.00 bits per heavy atom. The van der Waals surface area contributed by atoms with Crippen LogP contribution in [0.3, 0.4) is 0 Å². The van der Waals surface area contributed by atoms with Gasteiger partial charge in [0.25, 0.3) is 0 Å². The van der Waals surface area contributed by atoms with Gasteiger partial charge < -0.3 is 0 Å². The van der Waals surface area contributed by atoms with Gasteiger partial charge in [0.1, 0.15) is 0 Å². The second-order valence-corrected chi connectivity index (χ2v) is 5.33. The van der Waals surface area contributed by atoms with Crippen LogP contribution in [0.15, 0.2) is 0 Å². The van der Waals surface area contributed by atoms with Crippen LogP contribution >= 0.6 is 16.1 Å². The van der Waals surface area contributed by atoms with Gasteiger partial charge in [-0.2, -0.15) is 0 Å². The van der Waals surface area contributed by atoms with Crippen molar-refractivity contribution in [1.82, 2.24) is 3.93 Å². The second-order valence-electron chi connectivity index (χ2n) is 4.62. The Hall–Kier alpha value is 0.440. The van der Waals surface area contributed by atoms with E-state index in [2.05, 4.69) is 61.6 Å². The summed E-state index contributed by atoms with van der Waals surface area (Å²) in [6.45, 7) is 13.1. The predicted molar refractivity (Wildman–Crippen MR) is 50.3 cm³/mol. The highest BCUT2D eigenvalue weighted by atomic mass is 79.9. The van der Waals surface area contributed by atoms with Crippen molar-refractivity contribution < 1.29 is 0 Å². The molecule has 0 rings (SSSR count). The molecule has 2 heteroatoms. The molecule has 10 heavy (non-hydrogen) atoms. The molecule has 62 valence electrons. The maximum absolute atomic E-state index is 3.55. The van der Waals surface area contributed by atoms with Gasteiger partial charge in [-0.25, -0.2) is 3.93 Å². The average molecular weight is 208 g/mol. The molecular formula is C8H18BrN. The first kappa shape index (κ1) is 10.4. The van der Waals surface area contributed by atoms with Crippen molar-refractivity contribution >= 4 is 16.1 Å². The van der Waals surface area contributed by atoms with Gasteiger partial charge in [0.2, 0.25) is 0 Å². The minimum absolute atomic E-state index is 0.193. The van der Waals surface area contributed by atoms with Gasteiger partial charge in [0, 0.05) is 27.2 Å². The molecule has 0 aliphatic rings. The lowest BCUT2D eigenvalue weighted by molar-refractivity contribution is 0.167. The number of rotatable bonds is 0. The predicted octanol–water partition coefficient (Wildman–Crippen LogP) is 3.20. The first-order valence-corrected chi connectivity index (χ1v) is 4.33. The maximum Gasteiger partial charge on any atom is 0.0238 e. The molecule has 0 atom stereocenters. The lowest BCUT2D eigenvalue weighted by atomic mass is 10.0. The van der Waals surface area contributed by atoms with E-state index < -0.39 is 0 Å². The summed E-state index contributed by atoms with van der Waals surface area (Å²) in [4.78, 5) is 0. The summed E-state index contributed by atoms with van der Waals surface area (Å²) >= 11 is 3.55. The Morgan fingerprint density at radius 3 is 1.00 bits per heavy atom. The molecule has 0 unspecified atom stereocenters. The van der Waals surface area contributed by atoms with Crippen LogP contribution in [0.2, 0.25) is 0 Å². The highest BCUT2D eigenvalue weighted by molar-refractivity contribution is 9.07. The van der Waals surface area contributed by atoms with Gasteiger partial charge >= 0.3 is 0 Å². The second kappa shape index (κ2) is 2.82. The largest absolute Gasteiger partial charge is 0.232 e. The summed E-state index contributed by atoms with van der Waals surface area (Å²) in [6, 6.07) is 0. The van der Waals surface area contributed by atoms with E-state index in [-0.39, 0.29) is 11.1 Å². The zero-order valence-corrected chi connectivity index (χ0v) is 9.41. The summed E-state index contributed by atoms with van der Waals surface area (Å²) < 4.78 is 2.19. The molecule has 0 saturated heterocycles. The van der Waals surface area contributed by atoms with E-state index in [9.17, 15) is 0 Å². The summed E-state index contributed by atoms with van der Waals surface area (Å²) in [5.74, 6) is 0. The van der Waals surface area contributed by atoms with Gasteiger partial charge in [-0.15, -0.1) is 0 Å². The highest BCUT2D eigenvalue weighted by Gasteiger charge is 2.28. The Morgan fingerprint density at radius 1 is 0.800 bits per heavy atom. The molecule has 0 aromatic rings. The fourth-order valence-electron chi connectivity index (χ4n) is 1.01. The van der Waals surface area contributed by atoms with Crippen LogP contribution in [0.4, 0.5) is 0 Å². The van der Waals surface area contributed by atoms with Crippen LogP contribution in [-0.2, 0) is 0 Å². The molecule has 0 spiro atoms. The molecule has 0 aromatic carbocycles. The van der Waals surface area contributed by atoms with E-state index in [1.165, 1.54) is 0 Å². The lowest BCUT2D eigenvalue weighted by Crippen LogP contribution is -2.45. The van der Waals surface area contributed by atoms with Crippen molar-refractivity contribution in [1.29, 1.82) is 0 Å². The molecule has 0 fully saturated rings. The molecule has 0 radical (unpaired) electrons. The van der Waals surface area contributed by atoms with Gasteiger partial charge in [-0.3, -0.25) is 0 Å². The van der Waals surface area contributed by atoms with E-state index in [0.29, 0.717) is 0 Å². The fourth-order valence-corrected chi connectivity index (χ4v) is 1.01. The first-order chi connectivity index (χ1) is 4.15. The quantitative estimate of drug-likeness (QED) is 0.552. The zero-order valence-electron chi connectivity index (χ0n) is 7.83. The van der Waals surface area contributed by atoms with Gasteiger partial charge in [0.05, 0.1) is 0 Å². The monoisotopic (exact) mass is 207 g/mol. The van der Waals surface area contributed by atoms with Crippen molar-refractivity contribution in [3.05, 3.63) is 0 Å². The third-order valence-corrected chi connectivity index (χ3v) is 3.31. The average Bonchev–Trinajstić information content (AvgIpc) is 1.59. The van der Waals surface area contributed by atoms with Gasteiger partial charge in [-0.1, -0.05) is 0 Å². The van der Waals surface area contributed by atoms with Crippen LogP contribution < -0.4 is 0 Å². The molecule has 0 saturated carbocycles. The standard InChI is InChI=1S/C8H18BrN/c1-7(2,3)10(9)8(4,5)6/h1-6H3. The van der Waals surface area contributed by atoms with Crippen molar-refractivity contribution in [2.75, 3.05) is 0 Å². The SMILES string of the molecule is CC(C)(C)N(Br)C(C)(C)C. The molecule has 0 N–H and O–H groups in total. The third kappa shape index (κ3) is 3.02. The van der Waals surface area contributed by atoms with Crippen molar-refractivity contribution in [2.24, 2.45) is 0 Å². The van der Waals surface area contributed by atoms with Gasteiger partial charge in [-0.05, 0) is 41.5 Å². The fraction of sp³-hybridized carbons (Fsp3) is 1.00. The summed E-state index contributed by atoms with van der Waals surface area (Å²) in [5.41, 5.74) is 0.385. The van der Waals surface area contributed by atoms with Crippen LogP contribution in [0.5, 0.6) is 0 Å². The Bertz CT molecular complexity index is 93.4. The normalized spacial score (nSPS) is 14.4. The molecular weight excluding hydrogens is 190 g/mol. The molecule has 0 aromatic heterocycles. The van der Waals surface area contributed by atoms with Crippen LogP contribution in [0.1, 0.15) is 41.5 Å². The number of halogens is 1. The van der Waals surface area contributed by atoms with Gasteiger partial charge in [0.15, 0.2) is 0 Å². The van der Waals surface area contributed by atoms with Crippen LogP contribution in [0.25, 0.3) is 0 Å². The highest BCUT2D eigenvalue weighted by Crippen LogP contribution is 2.27. The molecule has 0 aliphatic carbocycles. The molecule has 0 amide bonds. The minimum atomic E-state index is 0.193. The number of hydrogen-bond acceptors (Lipinski definition) is 1. The van der Waals surface area contributed by atoms with Crippen molar-refractivity contribution in [3.63, 3.8) is 0 Å². The number of hydrogen-bond donors (Lipinski definition) is 0. The smallest absolute Gasteiger partial charge is 0.0238 e. The van der Waals surface area contributed by atoms with E-state index in [0.717, 1.165) is 0 Å². The van der Waals surface area contributed by atoms with Crippen LogP contribution in [-0.4, -0.2) is 15.0 Å². The van der Waals surface area contributed by atoms with E-state index in [4.69, 9.17) is 0 Å². The first-order valence-electron chi connectivity index (χ1n) is 3.62. The summed E-state index contributed by atoms with van der Waals surface area (Å²) in [6.07, 6.45) is 0.